The van der Waals surface area contributed by atoms with Crippen LogP contribution >= 0.6 is 0 Å². The van der Waals surface area contributed by atoms with Gasteiger partial charge in [-0.1, -0.05) is 13.3 Å². The van der Waals surface area contributed by atoms with Crippen molar-refractivity contribution in [2.24, 2.45) is 0 Å². The summed E-state index contributed by atoms with van der Waals surface area (Å²) in [5.41, 5.74) is 0. The van der Waals surface area contributed by atoms with Crippen LogP contribution in [0.1, 0.15) is 45.4 Å². The third kappa shape index (κ3) is 2.76. The van der Waals surface area contributed by atoms with Crippen molar-refractivity contribution < 1.29 is 5.11 Å². The van der Waals surface area contributed by atoms with Gasteiger partial charge >= 0.3 is 0 Å². The molecule has 3 heteroatoms. The van der Waals surface area contributed by atoms with Gasteiger partial charge in [0.1, 0.15) is 0 Å². The molecule has 94 valence electrons. The summed E-state index contributed by atoms with van der Waals surface area (Å²) in [4.78, 5) is 2.66. The molecular weight excluding hydrogens is 200 g/mol. The largest absolute Gasteiger partial charge is 0.396 e. The van der Waals surface area contributed by atoms with Gasteiger partial charge in [-0.05, 0) is 38.6 Å². The lowest BCUT2D eigenvalue weighted by Crippen LogP contribution is -2.48. The van der Waals surface area contributed by atoms with Gasteiger partial charge in [-0.25, -0.2) is 0 Å². The zero-order valence-electron chi connectivity index (χ0n) is 10.5. The lowest BCUT2D eigenvalue weighted by molar-refractivity contribution is 0.171. The predicted octanol–water partition coefficient (Wildman–Crippen LogP) is 1.36. The first kappa shape index (κ1) is 12.3. The van der Waals surface area contributed by atoms with Crippen molar-refractivity contribution in [1.29, 1.82) is 0 Å². The predicted molar refractivity (Wildman–Crippen MR) is 66.5 cm³/mol. The van der Waals surface area contributed by atoms with Crippen LogP contribution < -0.4 is 5.32 Å². The third-order valence-electron chi connectivity index (χ3n) is 4.28. The summed E-state index contributed by atoms with van der Waals surface area (Å²) >= 11 is 0. The molecule has 16 heavy (non-hydrogen) atoms. The number of aliphatic hydroxyl groups excluding tert-OH is 1. The van der Waals surface area contributed by atoms with E-state index < -0.39 is 0 Å². The zero-order valence-corrected chi connectivity index (χ0v) is 10.5. The van der Waals surface area contributed by atoms with Crippen LogP contribution in [0.5, 0.6) is 0 Å². The van der Waals surface area contributed by atoms with Crippen molar-refractivity contribution in [1.82, 2.24) is 10.2 Å². The summed E-state index contributed by atoms with van der Waals surface area (Å²) in [6.07, 6.45) is 7.48. The Balaban J connectivity index is 1.84. The molecule has 2 N–H and O–H groups in total. The Morgan fingerprint density at radius 2 is 2.19 bits per heavy atom. The van der Waals surface area contributed by atoms with E-state index in [1.807, 2.05) is 0 Å². The average molecular weight is 226 g/mol. The summed E-state index contributed by atoms with van der Waals surface area (Å²) in [5, 5.41) is 12.8. The van der Waals surface area contributed by atoms with Gasteiger partial charge in [0.15, 0.2) is 0 Å². The van der Waals surface area contributed by atoms with Crippen molar-refractivity contribution in [2.45, 2.75) is 63.6 Å². The highest BCUT2D eigenvalue weighted by atomic mass is 16.3. The summed E-state index contributed by atoms with van der Waals surface area (Å²) in [5.74, 6) is 0. The number of piperidine rings is 1. The minimum Gasteiger partial charge on any atom is -0.396 e. The van der Waals surface area contributed by atoms with Gasteiger partial charge in [-0.3, -0.25) is 4.90 Å². The van der Waals surface area contributed by atoms with E-state index in [-0.39, 0.29) is 0 Å². The van der Waals surface area contributed by atoms with Crippen LogP contribution in [0.25, 0.3) is 0 Å². The molecule has 0 aromatic carbocycles. The van der Waals surface area contributed by atoms with E-state index in [2.05, 4.69) is 17.1 Å². The van der Waals surface area contributed by atoms with Gasteiger partial charge in [0.25, 0.3) is 0 Å². The molecule has 0 aromatic heterocycles. The molecule has 0 bridgehead atoms. The van der Waals surface area contributed by atoms with Crippen molar-refractivity contribution in [3.63, 3.8) is 0 Å². The van der Waals surface area contributed by atoms with Crippen LogP contribution in [-0.4, -0.2) is 47.8 Å². The number of rotatable bonds is 5. The van der Waals surface area contributed by atoms with Crippen LogP contribution in [0.15, 0.2) is 0 Å². The molecule has 2 rings (SSSR count). The monoisotopic (exact) mass is 226 g/mol. The maximum atomic E-state index is 9.02. The maximum absolute atomic E-state index is 9.02. The summed E-state index contributed by atoms with van der Waals surface area (Å²) in [6.45, 7) is 5.10. The van der Waals surface area contributed by atoms with E-state index in [4.69, 9.17) is 5.11 Å². The molecule has 3 atom stereocenters. The van der Waals surface area contributed by atoms with Gasteiger partial charge < -0.3 is 10.4 Å². The highest BCUT2D eigenvalue weighted by Crippen LogP contribution is 2.27. The molecule has 0 spiro atoms. The molecule has 3 nitrogen and oxygen atoms in total. The van der Waals surface area contributed by atoms with E-state index in [0.717, 1.165) is 18.9 Å². The van der Waals surface area contributed by atoms with Crippen molar-refractivity contribution in [3.8, 4) is 0 Å². The number of hydrogen-bond donors (Lipinski definition) is 2. The maximum Gasteiger partial charge on any atom is 0.0445 e. The standard InChI is InChI=1S/C13H26N2O/c1-2-11(7-10-16)14-12-6-9-15-8-4-3-5-13(12)15/h11-14,16H,2-10H2,1H3. The van der Waals surface area contributed by atoms with Gasteiger partial charge in [0, 0.05) is 31.3 Å². The minimum atomic E-state index is 0.312. The molecule has 2 heterocycles. The fraction of sp³-hybridized carbons (Fsp3) is 1.00. The number of hydrogen-bond acceptors (Lipinski definition) is 3. The van der Waals surface area contributed by atoms with Crippen LogP contribution in [0, 0.1) is 0 Å². The summed E-state index contributed by atoms with van der Waals surface area (Å²) < 4.78 is 0. The fourth-order valence-corrected chi connectivity index (χ4v) is 3.31. The van der Waals surface area contributed by atoms with Gasteiger partial charge in [0.05, 0.1) is 0 Å². The van der Waals surface area contributed by atoms with Crippen LogP contribution in [0.4, 0.5) is 0 Å². The van der Waals surface area contributed by atoms with Crippen LogP contribution in [-0.2, 0) is 0 Å². The molecule has 0 saturated carbocycles. The molecule has 2 saturated heterocycles. The first-order valence-corrected chi connectivity index (χ1v) is 6.96. The SMILES string of the molecule is CCC(CCO)NC1CCN2CCCCC12. The molecule has 2 fully saturated rings. The van der Waals surface area contributed by atoms with Crippen molar-refractivity contribution in [2.75, 3.05) is 19.7 Å². The molecule has 3 unspecified atom stereocenters. The first-order chi connectivity index (χ1) is 7.85. The highest BCUT2D eigenvalue weighted by molar-refractivity contribution is 4.95. The van der Waals surface area contributed by atoms with Gasteiger partial charge in [0.2, 0.25) is 0 Å². The summed E-state index contributed by atoms with van der Waals surface area (Å²) in [6, 6.07) is 1.97. The molecule has 2 aliphatic rings. The Bertz CT molecular complexity index is 210. The van der Waals surface area contributed by atoms with E-state index in [1.165, 1.54) is 38.8 Å². The topological polar surface area (TPSA) is 35.5 Å². The number of nitrogens with zero attached hydrogens (tertiary/aromatic N) is 1. The third-order valence-corrected chi connectivity index (χ3v) is 4.28. The molecular formula is C13H26N2O. The number of aliphatic hydroxyl groups is 1. The Morgan fingerprint density at radius 3 is 2.94 bits per heavy atom. The molecule has 0 aromatic rings. The Hall–Kier alpha value is -0.120. The molecule has 0 aliphatic carbocycles. The average Bonchev–Trinajstić information content (AvgIpc) is 2.72. The molecule has 0 amide bonds. The quantitative estimate of drug-likeness (QED) is 0.743. The van der Waals surface area contributed by atoms with Crippen LogP contribution in [0.3, 0.4) is 0 Å². The minimum absolute atomic E-state index is 0.312. The number of nitrogens with one attached hydrogen (secondary N) is 1. The summed E-state index contributed by atoms with van der Waals surface area (Å²) in [7, 11) is 0. The van der Waals surface area contributed by atoms with E-state index in [9.17, 15) is 0 Å². The molecule has 0 radical (unpaired) electrons. The second kappa shape index (κ2) is 5.99. The number of fused-ring (bicyclic) bond motifs is 1. The molecule has 2 aliphatic heterocycles. The highest BCUT2D eigenvalue weighted by Gasteiger charge is 2.35. The zero-order chi connectivity index (χ0) is 11.4. The second-order valence-electron chi connectivity index (χ2n) is 5.28. The second-order valence-corrected chi connectivity index (χ2v) is 5.28. The van der Waals surface area contributed by atoms with Gasteiger partial charge in [-0.15, -0.1) is 0 Å². The van der Waals surface area contributed by atoms with E-state index >= 15 is 0 Å². The normalized spacial score (nSPS) is 32.6. The lowest BCUT2D eigenvalue weighted by Gasteiger charge is -2.34. The smallest absolute Gasteiger partial charge is 0.0445 e. The van der Waals surface area contributed by atoms with E-state index in [1.54, 1.807) is 0 Å². The van der Waals surface area contributed by atoms with Crippen molar-refractivity contribution >= 4 is 0 Å². The Morgan fingerprint density at radius 1 is 1.31 bits per heavy atom. The lowest BCUT2D eigenvalue weighted by atomic mass is 9.97. The Labute approximate surface area is 99.2 Å². The van der Waals surface area contributed by atoms with Crippen molar-refractivity contribution in [3.05, 3.63) is 0 Å². The van der Waals surface area contributed by atoms with Gasteiger partial charge in [-0.2, -0.15) is 0 Å². The first-order valence-electron chi connectivity index (χ1n) is 6.96. The fourth-order valence-electron chi connectivity index (χ4n) is 3.31. The van der Waals surface area contributed by atoms with E-state index in [0.29, 0.717) is 18.7 Å². The Kier molecular flexibility index (Phi) is 4.62. The van der Waals surface area contributed by atoms with Crippen LogP contribution in [0.2, 0.25) is 0 Å².